The molecular weight excluding hydrogens is 300 g/mol. The van der Waals surface area contributed by atoms with E-state index in [1.807, 2.05) is 5.38 Å². The minimum absolute atomic E-state index is 0.0951. The van der Waals surface area contributed by atoms with E-state index in [1.165, 1.54) is 12.1 Å². The van der Waals surface area contributed by atoms with Crippen LogP contribution in [0.15, 0.2) is 29.6 Å². The summed E-state index contributed by atoms with van der Waals surface area (Å²) in [6, 6.07) is 6.55. The summed E-state index contributed by atoms with van der Waals surface area (Å²) in [5.41, 5.74) is 1.81. The highest BCUT2D eigenvalue weighted by Crippen LogP contribution is 2.38. The SMILES string of the molecule is CC1(C)C[C@H](c2nc(-c3ccc([N+](=O)[O-])cc3)cs2)CCO1. The van der Waals surface area contributed by atoms with Crippen LogP contribution < -0.4 is 0 Å². The molecule has 0 saturated carbocycles. The molecule has 1 aromatic carbocycles. The topological polar surface area (TPSA) is 65.3 Å². The Balaban J connectivity index is 1.80. The summed E-state index contributed by atoms with van der Waals surface area (Å²) < 4.78 is 5.76. The second-order valence-corrected chi connectivity index (χ2v) is 7.06. The molecule has 0 amide bonds. The maximum Gasteiger partial charge on any atom is 0.269 e. The summed E-state index contributed by atoms with van der Waals surface area (Å²) in [6.07, 6.45) is 1.97. The lowest BCUT2D eigenvalue weighted by Crippen LogP contribution is -2.32. The number of hydrogen-bond acceptors (Lipinski definition) is 5. The summed E-state index contributed by atoms with van der Waals surface area (Å²) in [4.78, 5) is 15.0. The number of hydrogen-bond donors (Lipinski definition) is 0. The van der Waals surface area contributed by atoms with Gasteiger partial charge in [0.15, 0.2) is 0 Å². The minimum atomic E-state index is -0.389. The highest BCUT2D eigenvalue weighted by molar-refractivity contribution is 7.10. The fraction of sp³-hybridized carbons (Fsp3) is 0.438. The van der Waals surface area contributed by atoms with Gasteiger partial charge >= 0.3 is 0 Å². The molecule has 1 atom stereocenters. The van der Waals surface area contributed by atoms with Crippen molar-refractivity contribution in [2.75, 3.05) is 6.61 Å². The molecule has 22 heavy (non-hydrogen) atoms. The van der Waals surface area contributed by atoms with E-state index >= 15 is 0 Å². The van der Waals surface area contributed by atoms with Crippen LogP contribution in [0.2, 0.25) is 0 Å². The van der Waals surface area contributed by atoms with Gasteiger partial charge in [0.1, 0.15) is 0 Å². The normalized spacial score (nSPS) is 20.7. The summed E-state index contributed by atoms with van der Waals surface area (Å²) in [7, 11) is 0. The number of nitro groups is 1. The number of rotatable bonds is 3. The number of ether oxygens (including phenoxy) is 1. The van der Waals surface area contributed by atoms with Crippen molar-refractivity contribution in [2.24, 2.45) is 0 Å². The van der Waals surface area contributed by atoms with E-state index in [0.717, 1.165) is 35.7 Å². The van der Waals surface area contributed by atoms with Crippen LogP contribution in [-0.2, 0) is 4.74 Å². The van der Waals surface area contributed by atoms with Crippen LogP contribution >= 0.6 is 11.3 Å². The molecule has 0 bridgehead atoms. The van der Waals surface area contributed by atoms with E-state index in [0.29, 0.717) is 5.92 Å². The zero-order valence-corrected chi connectivity index (χ0v) is 13.4. The highest BCUT2D eigenvalue weighted by Gasteiger charge is 2.31. The third-order valence-corrected chi connectivity index (χ3v) is 4.95. The van der Waals surface area contributed by atoms with E-state index in [2.05, 4.69) is 13.8 Å². The van der Waals surface area contributed by atoms with Crippen LogP contribution in [0.4, 0.5) is 5.69 Å². The minimum Gasteiger partial charge on any atom is -0.376 e. The van der Waals surface area contributed by atoms with Crippen molar-refractivity contribution in [2.45, 2.75) is 38.2 Å². The molecule has 1 aliphatic rings. The molecular formula is C16H18N2O3S. The average Bonchev–Trinajstić information content (AvgIpc) is 2.96. The third-order valence-electron chi connectivity index (χ3n) is 3.94. The number of aromatic nitrogens is 1. The molecule has 1 aliphatic heterocycles. The Hall–Kier alpha value is -1.79. The Bertz CT molecular complexity index is 679. The molecule has 0 radical (unpaired) electrons. The van der Waals surface area contributed by atoms with Crippen molar-refractivity contribution in [3.05, 3.63) is 44.8 Å². The Kier molecular flexibility index (Phi) is 3.97. The molecule has 1 aromatic heterocycles. The molecule has 1 fully saturated rings. The quantitative estimate of drug-likeness (QED) is 0.622. The van der Waals surface area contributed by atoms with Crippen molar-refractivity contribution in [1.82, 2.24) is 4.98 Å². The molecule has 1 saturated heterocycles. The van der Waals surface area contributed by atoms with Crippen molar-refractivity contribution < 1.29 is 9.66 Å². The first-order valence-corrected chi connectivity index (χ1v) is 8.17. The fourth-order valence-electron chi connectivity index (χ4n) is 2.80. The van der Waals surface area contributed by atoms with Gasteiger partial charge in [0, 0.05) is 35.6 Å². The molecule has 116 valence electrons. The third kappa shape index (κ3) is 3.18. The zero-order chi connectivity index (χ0) is 15.7. The first kappa shape index (κ1) is 15.1. The summed E-state index contributed by atoms with van der Waals surface area (Å²) >= 11 is 1.66. The first-order chi connectivity index (χ1) is 10.4. The number of nitro benzene ring substituents is 1. The standard InChI is InChI=1S/C16H18N2O3S/c1-16(2)9-12(7-8-21-16)15-17-14(10-22-15)11-3-5-13(6-4-11)18(19)20/h3-6,10,12H,7-9H2,1-2H3/t12-/m1/s1. The molecule has 3 rings (SSSR count). The second kappa shape index (κ2) is 5.78. The Labute approximate surface area is 133 Å². The number of non-ortho nitro benzene ring substituents is 1. The molecule has 0 aliphatic carbocycles. The van der Waals surface area contributed by atoms with Crippen molar-refractivity contribution >= 4 is 17.0 Å². The molecule has 2 aromatic rings. The van der Waals surface area contributed by atoms with Gasteiger partial charge in [-0.2, -0.15) is 0 Å². The van der Waals surface area contributed by atoms with E-state index in [4.69, 9.17) is 9.72 Å². The van der Waals surface area contributed by atoms with Crippen molar-refractivity contribution in [1.29, 1.82) is 0 Å². The summed E-state index contributed by atoms with van der Waals surface area (Å²) in [5.74, 6) is 0.431. The predicted octanol–water partition coefficient (Wildman–Crippen LogP) is 4.39. The van der Waals surface area contributed by atoms with Gasteiger partial charge in [0.2, 0.25) is 0 Å². The second-order valence-electron chi connectivity index (χ2n) is 6.17. The van der Waals surface area contributed by atoms with Gasteiger partial charge in [0.25, 0.3) is 5.69 Å². The van der Waals surface area contributed by atoms with E-state index in [1.54, 1.807) is 23.5 Å². The van der Waals surface area contributed by atoms with Gasteiger partial charge in [-0.1, -0.05) is 0 Å². The van der Waals surface area contributed by atoms with Crippen molar-refractivity contribution in [3.63, 3.8) is 0 Å². The lowest BCUT2D eigenvalue weighted by Gasteiger charge is -2.34. The van der Waals surface area contributed by atoms with Gasteiger partial charge in [0.05, 0.1) is 21.2 Å². The smallest absolute Gasteiger partial charge is 0.269 e. The van der Waals surface area contributed by atoms with Crippen LogP contribution in [0.1, 0.15) is 37.6 Å². The number of thiazole rings is 1. The maximum atomic E-state index is 10.7. The monoisotopic (exact) mass is 318 g/mol. The molecule has 5 nitrogen and oxygen atoms in total. The molecule has 6 heteroatoms. The van der Waals surface area contributed by atoms with Gasteiger partial charge in [-0.3, -0.25) is 10.1 Å². The molecule has 0 unspecified atom stereocenters. The lowest BCUT2D eigenvalue weighted by molar-refractivity contribution is -0.384. The predicted molar refractivity (Wildman–Crippen MR) is 86.2 cm³/mol. The summed E-state index contributed by atoms with van der Waals surface area (Å²) in [6.45, 7) is 5.00. The maximum absolute atomic E-state index is 10.7. The number of benzene rings is 1. The van der Waals surface area contributed by atoms with Crippen molar-refractivity contribution in [3.8, 4) is 11.3 Å². The van der Waals surface area contributed by atoms with E-state index in [-0.39, 0.29) is 16.2 Å². The Morgan fingerprint density at radius 1 is 1.36 bits per heavy atom. The molecule has 0 N–H and O–H groups in total. The van der Waals surface area contributed by atoms with Crippen LogP contribution in [0.5, 0.6) is 0 Å². The van der Waals surface area contributed by atoms with Crippen LogP contribution in [0.3, 0.4) is 0 Å². The molecule has 0 spiro atoms. The fourth-order valence-corrected chi connectivity index (χ4v) is 3.77. The van der Waals surface area contributed by atoms with Gasteiger partial charge in [-0.25, -0.2) is 4.98 Å². The van der Waals surface area contributed by atoms with E-state index < -0.39 is 0 Å². The zero-order valence-electron chi connectivity index (χ0n) is 12.6. The largest absolute Gasteiger partial charge is 0.376 e. The first-order valence-electron chi connectivity index (χ1n) is 7.29. The lowest BCUT2D eigenvalue weighted by atomic mass is 9.89. The van der Waals surface area contributed by atoms with Crippen LogP contribution in [-0.4, -0.2) is 22.1 Å². The van der Waals surface area contributed by atoms with Crippen LogP contribution in [0, 0.1) is 10.1 Å². The Morgan fingerprint density at radius 2 is 2.09 bits per heavy atom. The average molecular weight is 318 g/mol. The summed E-state index contributed by atoms with van der Waals surface area (Å²) in [5, 5.41) is 13.9. The van der Waals surface area contributed by atoms with Gasteiger partial charge in [-0.05, 0) is 38.8 Å². The Morgan fingerprint density at radius 3 is 2.73 bits per heavy atom. The van der Waals surface area contributed by atoms with E-state index in [9.17, 15) is 10.1 Å². The van der Waals surface area contributed by atoms with Gasteiger partial charge < -0.3 is 4.74 Å². The highest BCUT2D eigenvalue weighted by atomic mass is 32.1. The van der Waals surface area contributed by atoms with Crippen LogP contribution in [0.25, 0.3) is 11.3 Å². The number of nitrogens with zero attached hydrogens (tertiary/aromatic N) is 2. The molecule has 2 heterocycles. The van der Waals surface area contributed by atoms with Gasteiger partial charge in [-0.15, -0.1) is 11.3 Å².